The van der Waals surface area contributed by atoms with Gasteiger partial charge in [0.1, 0.15) is 36.8 Å². The first-order valence-corrected chi connectivity index (χ1v) is 8.94. The van der Waals surface area contributed by atoms with Crippen molar-refractivity contribution in [2.75, 3.05) is 26.6 Å². The van der Waals surface area contributed by atoms with E-state index in [2.05, 4.69) is 22.6 Å². The minimum absolute atomic E-state index is 0.632. The minimum Gasteiger partial charge on any atom is -0.370 e. The zero-order chi connectivity index (χ0) is 23.9. The normalized spacial score (nSPS) is 29.1. The maximum atomic E-state index is 15.4. The van der Waals surface area contributed by atoms with Crippen LogP contribution in [0.3, 0.4) is 0 Å². The molecule has 0 saturated carbocycles. The van der Waals surface area contributed by atoms with Crippen LogP contribution in [0.15, 0.2) is 25.3 Å². The van der Waals surface area contributed by atoms with Gasteiger partial charge in [-0.3, -0.25) is 0 Å². The van der Waals surface area contributed by atoms with Gasteiger partial charge in [0.05, 0.1) is 13.2 Å². The van der Waals surface area contributed by atoms with Crippen molar-refractivity contribution < 1.29 is 58.1 Å². The van der Waals surface area contributed by atoms with Gasteiger partial charge in [-0.25, -0.2) is 17.6 Å². The molecule has 2 aliphatic heterocycles. The van der Waals surface area contributed by atoms with Crippen molar-refractivity contribution >= 4 is 0 Å². The molecule has 6 unspecified atom stereocenters. The predicted octanol–water partition coefficient (Wildman–Crippen LogP) is 4.91. The molecule has 0 aromatic carbocycles. The number of alkyl halides is 10. The molecule has 0 radical (unpaired) electrons. The van der Waals surface area contributed by atoms with Gasteiger partial charge in [0.25, 0.3) is 11.3 Å². The van der Waals surface area contributed by atoms with Crippen LogP contribution in [0.1, 0.15) is 12.8 Å². The molecule has 3 nitrogen and oxygen atoms in total. The van der Waals surface area contributed by atoms with Crippen LogP contribution in [0.5, 0.6) is 0 Å². The van der Waals surface area contributed by atoms with Crippen LogP contribution in [-0.2, 0) is 14.2 Å². The highest BCUT2D eigenvalue weighted by atomic mass is 19.4. The number of rotatable bonds is 12. The highest BCUT2D eigenvalue weighted by Gasteiger charge is 2.81. The van der Waals surface area contributed by atoms with E-state index in [0.29, 0.717) is 12.2 Å². The molecule has 0 aromatic rings. The monoisotopic (exact) mass is 474 g/mol. The molecule has 0 spiro atoms. The molecule has 0 bridgehead atoms. The Morgan fingerprint density at radius 3 is 1.16 bits per heavy atom. The fourth-order valence-corrected chi connectivity index (χ4v) is 3.72. The third-order valence-corrected chi connectivity index (χ3v) is 5.57. The Labute approximate surface area is 171 Å². The molecule has 2 saturated heterocycles. The molecule has 2 aliphatic rings. The number of halogens is 10. The van der Waals surface area contributed by atoms with Crippen molar-refractivity contribution in [1.82, 2.24) is 0 Å². The summed E-state index contributed by atoms with van der Waals surface area (Å²) in [6, 6.07) is 0. The van der Waals surface area contributed by atoms with E-state index in [4.69, 9.17) is 4.74 Å². The van der Waals surface area contributed by atoms with Gasteiger partial charge in [0, 0.05) is 12.8 Å². The van der Waals surface area contributed by atoms with E-state index in [0.717, 1.165) is 0 Å². The van der Waals surface area contributed by atoms with E-state index in [1.54, 1.807) is 0 Å². The van der Waals surface area contributed by atoms with Crippen LogP contribution in [-0.4, -0.2) is 73.7 Å². The van der Waals surface area contributed by atoms with E-state index in [-0.39, 0.29) is 0 Å². The van der Waals surface area contributed by atoms with Crippen molar-refractivity contribution in [2.45, 2.75) is 59.9 Å². The van der Waals surface area contributed by atoms with Gasteiger partial charge >= 0.3 is 12.4 Å². The van der Waals surface area contributed by atoms with E-state index < -0.39 is 86.5 Å². The second-order valence-electron chi connectivity index (χ2n) is 7.38. The topological polar surface area (TPSA) is 34.3 Å². The summed E-state index contributed by atoms with van der Waals surface area (Å²) < 4.78 is 154. The number of hydrogen-bond acceptors (Lipinski definition) is 3. The first kappa shape index (κ1) is 25.9. The largest absolute Gasteiger partial charge is 0.428 e. The minimum atomic E-state index is -6.02. The quantitative estimate of drug-likeness (QED) is 0.229. The molecule has 6 atom stereocenters. The standard InChI is InChI=1S/C18H20F10O3/c1-3-5-13(11-7-29-11,15(21,9-19)17(23,24)25)31-14(6-4-2,12-8-30-12)16(22,10-20)18(26,27)28/h3-4,11-12H,1-2,5-10H2. The van der Waals surface area contributed by atoms with Gasteiger partial charge in [-0.05, 0) is 0 Å². The first-order chi connectivity index (χ1) is 14.2. The summed E-state index contributed by atoms with van der Waals surface area (Å²) >= 11 is 0. The van der Waals surface area contributed by atoms with Crippen molar-refractivity contribution in [3.05, 3.63) is 25.3 Å². The summed E-state index contributed by atoms with van der Waals surface area (Å²) in [5.74, 6) is 0. The molecule has 0 N–H and O–H groups in total. The van der Waals surface area contributed by atoms with E-state index in [9.17, 15) is 35.1 Å². The van der Waals surface area contributed by atoms with E-state index in [1.807, 2.05) is 0 Å². The lowest BCUT2D eigenvalue weighted by Gasteiger charge is -2.52. The Hall–Kier alpha value is -1.34. The lowest BCUT2D eigenvalue weighted by Crippen LogP contribution is -2.74. The lowest BCUT2D eigenvalue weighted by molar-refractivity contribution is -0.369. The SMILES string of the molecule is C=CCC(OC(CC=C)(C1CO1)C(F)(CF)C(F)(F)F)(C1CO1)C(F)(CF)C(F)(F)F. The smallest absolute Gasteiger partial charge is 0.370 e. The Kier molecular flexibility index (Phi) is 6.87. The zero-order valence-electron chi connectivity index (χ0n) is 16.0. The second kappa shape index (κ2) is 8.22. The summed E-state index contributed by atoms with van der Waals surface area (Å²) in [6.45, 7) is -0.663. The lowest BCUT2D eigenvalue weighted by atomic mass is 9.74. The fourth-order valence-electron chi connectivity index (χ4n) is 3.72. The van der Waals surface area contributed by atoms with Crippen molar-refractivity contribution in [1.29, 1.82) is 0 Å². The van der Waals surface area contributed by atoms with Crippen LogP contribution in [0, 0.1) is 0 Å². The molecular weight excluding hydrogens is 454 g/mol. The molecule has 0 amide bonds. The predicted molar refractivity (Wildman–Crippen MR) is 87.4 cm³/mol. The number of hydrogen-bond donors (Lipinski definition) is 0. The third kappa shape index (κ3) is 3.86. The molecule has 0 aromatic heterocycles. The molecule has 13 heteroatoms. The van der Waals surface area contributed by atoms with Crippen molar-refractivity contribution in [3.8, 4) is 0 Å². The van der Waals surface area contributed by atoms with Crippen LogP contribution in [0.25, 0.3) is 0 Å². The Morgan fingerprint density at radius 1 is 0.710 bits per heavy atom. The van der Waals surface area contributed by atoms with E-state index >= 15 is 8.78 Å². The van der Waals surface area contributed by atoms with Gasteiger partial charge in [-0.2, -0.15) is 26.3 Å². The van der Waals surface area contributed by atoms with Crippen molar-refractivity contribution in [2.24, 2.45) is 0 Å². The third-order valence-electron chi connectivity index (χ3n) is 5.57. The molecule has 2 heterocycles. The highest BCUT2D eigenvalue weighted by Crippen LogP contribution is 2.59. The van der Waals surface area contributed by atoms with Gasteiger partial charge in [-0.15, -0.1) is 13.2 Å². The number of epoxide rings is 2. The Morgan fingerprint density at radius 2 is 1.00 bits per heavy atom. The highest BCUT2D eigenvalue weighted by molar-refractivity contribution is 5.22. The molecule has 180 valence electrons. The average molecular weight is 474 g/mol. The summed E-state index contributed by atoms with van der Waals surface area (Å²) in [6.07, 6.45) is -17.1. The molecule has 2 rings (SSSR count). The fraction of sp³-hybridized carbons (Fsp3) is 0.778. The van der Waals surface area contributed by atoms with Crippen LogP contribution in [0.4, 0.5) is 43.9 Å². The summed E-state index contributed by atoms with van der Waals surface area (Å²) in [4.78, 5) is 0. The number of ether oxygens (including phenoxy) is 3. The molecule has 2 fully saturated rings. The summed E-state index contributed by atoms with van der Waals surface area (Å²) in [5.41, 5.74) is -17.0. The van der Waals surface area contributed by atoms with Crippen molar-refractivity contribution in [3.63, 3.8) is 0 Å². The summed E-state index contributed by atoms with van der Waals surface area (Å²) in [7, 11) is 0. The van der Waals surface area contributed by atoms with Gasteiger partial charge in [-0.1, -0.05) is 12.2 Å². The first-order valence-electron chi connectivity index (χ1n) is 8.94. The van der Waals surface area contributed by atoms with Crippen LogP contribution >= 0.6 is 0 Å². The van der Waals surface area contributed by atoms with Crippen LogP contribution in [0.2, 0.25) is 0 Å². The second-order valence-corrected chi connectivity index (χ2v) is 7.38. The van der Waals surface area contributed by atoms with Crippen LogP contribution < -0.4 is 0 Å². The maximum Gasteiger partial charge on any atom is 0.428 e. The molecule has 31 heavy (non-hydrogen) atoms. The molecule has 0 aliphatic carbocycles. The zero-order valence-corrected chi connectivity index (χ0v) is 16.0. The van der Waals surface area contributed by atoms with Gasteiger partial charge in [0.15, 0.2) is 0 Å². The van der Waals surface area contributed by atoms with E-state index in [1.165, 1.54) is 0 Å². The Bertz CT molecular complexity index is 618. The average Bonchev–Trinajstić information content (AvgIpc) is 3.55. The Balaban J connectivity index is 2.81. The molecular formula is C18H20F10O3. The van der Waals surface area contributed by atoms with Gasteiger partial charge < -0.3 is 14.2 Å². The van der Waals surface area contributed by atoms with Gasteiger partial charge in [0.2, 0.25) is 0 Å². The maximum absolute atomic E-state index is 15.4. The summed E-state index contributed by atoms with van der Waals surface area (Å²) in [5, 5.41) is 0.